The van der Waals surface area contributed by atoms with Crippen LogP contribution in [0.15, 0.2) is 17.0 Å². The van der Waals surface area contributed by atoms with Crippen molar-refractivity contribution in [2.45, 2.75) is 25.3 Å². The van der Waals surface area contributed by atoms with Crippen molar-refractivity contribution in [2.75, 3.05) is 13.6 Å². The van der Waals surface area contributed by atoms with Crippen LogP contribution < -0.4 is 10.0 Å². The van der Waals surface area contributed by atoms with Crippen LogP contribution in [0, 0.1) is 5.92 Å². The van der Waals surface area contributed by atoms with E-state index in [1.807, 2.05) is 13.8 Å². The molecule has 0 atom stereocenters. The maximum Gasteiger partial charge on any atom is 0.242 e. The van der Waals surface area contributed by atoms with Gasteiger partial charge < -0.3 is 5.32 Å². The second kappa shape index (κ2) is 6.90. The van der Waals surface area contributed by atoms with Crippen LogP contribution in [-0.4, -0.2) is 22.0 Å². The largest absolute Gasteiger partial charge is 0.316 e. The number of rotatable bonds is 6. The molecule has 7 heteroatoms. The summed E-state index contributed by atoms with van der Waals surface area (Å²) in [4.78, 5) is 0.0597. The van der Waals surface area contributed by atoms with E-state index in [1.54, 1.807) is 13.1 Å². The van der Waals surface area contributed by atoms with Gasteiger partial charge in [0.05, 0.1) is 5.02 Å². The van der Waals surface area contributed by atoms with Gasteiger partial charge >= 0.3 is 0 Å². The molecule has 0 aliphatic carbocycles. The van der Waals surface area contributed by atoms with E-state index < -0.39 is 10.0 Å². The van der Waals surface area contributed by atoms with E-state index in [1.165, 1.54) is 6.07 Å². The first kappa shape index (κ1) is 16.7. The summed E-state index contributed by atoms with van der Waals surface area (Å²) in [5, 5.41) is 3.52. The van der Waals surface area contributed by atoms with Gasteiger partial charge in [-0.1, -0.05) is 37.0 Å². The van der Waals surface area contributed by atoms with Crippen LogP contribution >= 0.6 is 23.2 Å². The molecular formula is C12H18Cl2N2O2S. The van der Waals surface area contributed by atoms with Gasteiger partial charge in [-0.15, -0.1) is 0 Å². The Morgan fingerprint density at radius 1 is 1.26 bits per heavy atom. The Hall–Kier alpha value is -0.330. The first-order valence-corrected chi connectivity index (χ1v) is 8.14. The van der Waals surface area contributed by atoms with Crippen LogP contribution in [0.25, 0.3) is 0 Å². The lowest BCUT2D eigenvalue weighted by atomic mass is 10.2. The van der Waals surface area contributed by atoms with E-state index in [-0.39, 0.29) is 15.8 Å². The molecule has 1 rings (SSSR count). The Morgan fingerprint density at radius 2 is 1.89 bits per heavy atom. The first-order valence-electron chi connectivity index (χ1n) is 5.90. The van der Waals surface area contributed by atoms with Crippen molar-refractivity contribution in [1.29, 1.82) is 0 Å². The number of nitrogens with one attached hydrogen (secondary N) is 2. The smallest absolute Gasteiger partial charge is 0.242 e. The maximum atomic E-state index is 12.2. The Kier molecular flexibility index (Phi) is 6.08. The molecule has 1 aromatic rings. The Balaban J connectivity index is 3.17. The highest BCUT2D eigenvalue weighted by molar-refractivity contribution is 7.89. The van der Waals surface area contributed by atoms with Crippen molar-refractivity contribution < 1.29 is 8.42 Å². The number of hydrogen-bond acceptors (Lipinski definition) is 3. The molecule has 0 heterocycles. The third kappa shape index (κ3) is 4.33. The highest BCUT2D eigenvalue weighted by Gasteiger charge is 2.21. The molecule has 1 aromatic carbocycles. The van der Waals surface area contributed by atoms with Crippen LogP contribution in [0.4, 0.5) is 0 Å². The normalized spacial score (nSPS) is 12.1. The van der Waals surface area contributed by atoms with Gasteiger partial charge in [-0.3, -0.25) is 0 Å². The van der Waals surface area contributed by atoms with Gasteiger partial charge in [0.1, 0.15) is 4.90 Å². The quantitative estimate of drug-likeness (QED) is 0.845. The molecule has 4 nitrogen and oxygen atoms in total. The van der Waals surface area contributed by atoms with E-state index >= 15 is 0 Å². The summed E-state index contributed by atoms with van der Waals surface area (Å²) < 4.78 is 26.9. The minimum atomic E-state index is -3.61. The molecule has 0 saturated carbocycles. The molecule has 0 aliphatic heterocycles. The highest BCUT2D eigenvalue weighted by atomic mass is 35.5. The summed E-state index contributed by atoms with van der Waals surface area (Å²) in [5.41, 5.74) is 0.582. The van der Waals surface area contributed by atoms with Crippen molar-refractivity contribution in [2.24, 2.45) is 5.92 Å². The fourth-order valence-corrected chi connectivity index (χ4v) is 3.60. The fourth-order valence-electron chi connectivity index (χ4n) is 1.48. The van der Waals surface area contributed by atoms with Gasteiger partial charge in [0.2, 0.25) is 10.0 Å². The zero-order valence-electron chi connectivity index (χ0n) is 11.1. The lowest BCUT2D eigenvalue weighted by molar-refractivity contribution is 0.560. The summed E-state index contributed by atoms with van der Waals surface area (Å²) >= 11 is 12.2. The second-order valence-electron chi connectivity index (χ2n) is 4.61. The van der Waals surface area contributed by atoms with Crippen molar-refractivity contribution in [3.63, 3.8) is 0 Å². The van der Waals surface area contributed by atoms with Gasteiger partial charge in [0, 0.05) is 23.7 Å². The Bertz CT molecular complexity index is 545. The van der Waals surface area contributed by atoms with Gasteiger partial charge in [-0.2, -0.15) is 0 Å². The molecule has 0 unspecified atom stereocenters. The minimum Gasteiger partial charge on any atom is -0.316 e. The monoisotopic (exact) mass is 324 g/mol. The lowest BCUT2D eigenvalue weighted by Crippen LogP contribution is -2.28. The number of benzene rings is 1. The second-order valence-corrected chi connectivity index (χ2v) is 7.13. The molecule has 0 aliphatic rings. The molecule has 0 aromatic heterocycles. The van der Waals surface area contributed by atoms with Gasteiger partial charge in [0.25, 0.3) is 0 Å². The molecule has 0 saturated heterocycles. The SMILES string of the molecule is CNCc1c(Cl)ccc(S(=O)(=O)NCC(C)C)c1Cl. The molecule has 2 N–H and O–H groups in total. The highest BCUT2D eigenvalue weighted by Crippen LogP contribution is 2.30. The average Bonchev–Trinajstić information content (AvgIpc) is 2.31. The van der Waals surface area contributed by atoms with Crippen LogP contribution in [-0.2, 0) is 16.6 Å². The van der Waals surface area contributed by atoms with Gasteiger partial charge in [0.15, 0.2) is 0 Å². The first-order chi connectivity index (χ1) is 8.79. The van der Waals surface area contributed by atoms with Crippen LogP contribution in [0.3, 0.4) is 0 Å². The molecule has 0 spiro atoms. The number of halogens is 2. The van der Waals surface area contributed by atoms with E-state index in [0.29, 0.717) is 23.7 Å². The van der Waals surface area contributed by atoms with Crippen molar-refractivity contribution in [1.82, 2.24) is 10.0 Å². The van der Waals surface area contributed by atoms with Crippen molar-refractivity contribution in [3.8, 4) is 0 Å². The van der Waals surface area contributed by atoms with Crippen molar-refractivity contribution >= 4 is 33.2 Å². The van der Waals surface area contributed by atoms with E-state index in [0.717, 1.165) is 0 Å². The molecule has 19 heavy (non-hydrogen) atoms. The molecule has 0 bridgehead atoms. The van der Waals surface area contributed by atoms with E-state index in [2.05, 4.69) is 10.0 Å². The number of hydrogen-bond donors (Lipinski definition) is 2. The third-order valence-corrected chi connectivity index (χ3v) is 4.84. The summed E-state index contributed by atoms with van der Waals surface area (Å²) in [6.07, 6.45) is 0. The fraction of sp³-hybridized carbons (Fsp3) is 0.500. The van der Waals surface area contributed by atoms with Crippen LogP contribution in [0.2, 0.25) is 10.0 Å². The zero-order chi connectivity index (χ0) is 14.6. The molecule has 0 fully saturated rings. The average molecular weight is 325 g/mol. The topological polar surface area (TPSA) is 58.2 Å². The standard InChI is InChI=1S/C12H18Cl2N2O2S/c1-8(2)6-16-19(17,18)11-5-4-10(13)9(7-15-3)12(11)14/h4-5,8,15-16H,6-7H2,1-3H3. The number of sulfonamides is 1. The Morgan fingerprint density at radius 3 is 2.42 bits per heavy atom. The predicted octanol–water partition coefficient (Wildman–Crippen LogP) is 2.65. The molecule has 0 radical (unpaired) electrons. The van der Waals surface area contributed by atoms with E-state index in [9.17, 15) is 8.42 Å². The van der Waals surface area contributed by atoms with Gasteiger partial charge in [-0.25, -0.2) is 13.1 Å². The summed E-state index contributed by atoms with van der Waals surface area (Å²) in [6, 6.07) is 2.97. The molecule has 108 valence electrons. The predicted molar refractivity (Wildman–Crippen MR) is 79.3 cm³/mol. The Labute approximate surface area is 124 Å². The third-order valence-electron chi connectivity index (χ3n) is 2.48. The maximum absolute atomic E-state index is 12.2. The van der Waals surface area contributed by atoms with Crippen LogP contribution in [0.5, 0.6) is 0 Å². The van der Waals surface area contributed by atoms with E-state index in [4.69, 9.17) is 23.2 Å². The summed E-state index contributed by atoms with van der Waals surface area (Å²) in [5.74, 6) is 0.220. The molecule has 0 amide bonds. The lowest BCUT2D eigenvalue weighted by Gasteiger charge is -2.13. The van der Waals surface area contributed by atoms with Crippen LogP contribution in [0.1, 0.15) is 19.4 Å². The van der Waals surface area contributed by atoms with Crippen molar-refractivity contribution in [3.05, 3.63) is 27.7 Å². The summed E-state index contributed by atoms with van der Waals surface area (Å²) in [7, 11) is -1.87. The minimum absolute atomic E-state index is 0.0597. The summed E-state index contributed by atoms with van der Waals surface area (Å²) in [6.45, 7) is 4.63. The zero-order valence-corrected chi connectivity index (χ0v) is 13.5. The van der Waals surface area contributed by atoms with Gasteiger partial charge in [-0.05, 0) is 25.1 Å². The molecular weight excluding hydrogens is 307 g/mol.